The molecule has 88 valence electrons. The minimum Gasteiger partial charge on any atom is -0.376 e. The molecule has 0 saturated carbocycles. The molecule has 2 rings (SSSR count). The van der Waals surface area contributed by atoms with E-state index in [0.717, 1.165) is 26.0 Å². The van der Waals surface area contributed by atoms with Crippen LogP contribution in [0.15, 0.2) is 15.6 Å². The number of H-pyrrole nitrogens is 1. The molecular weight excluding hydrogens is 274 g/mol. The lowest BCUT2D eigenvalue weighted by Gasteiger charge is -2.22. The van der Waals surface area contributed by atoms with Gasteiger partial charge in [0, 0.05) is 20.2 Å². The van der Waals surface area contributed by atoms with Crippen molar-refractivity contribution in [2.24, 2.45) is 0 Å². The third-order valence-electron chi connectivity index (χ3n) is 2.64. The fourth-order valence-corrected chi connectivity index (χ4v) is 2.34. The lowest BCUT2D eigenvalue weighted by atomic mass is 10.2. The first-order valence-corrected chi connectivity index (χ1v) is 6.03. The number of hydrogen-bond donors (Lipinski definition) is 1. The molecule has 1 saturated heterocycles. The molecule has 2 heterocycles. The normalized spacial score (nSPS) is 20.0. The summed E-state index contributed by atoms with van der Waals surface area (Å²) >= 11 is 3.24. The van der Waals surface area contributed by atoms with Crippen LogP contribution in [0.5, 0.6) is 0 Å². The molecule has 0 aromatic carbocycles. The van der Waals surface area contributed by atoms with E-state index < -0.39 is 0 Å². The maximum absolute atomic E-state index is 11.4. The van der Waals surface area contributed by atoms with Gasteiger partial charge in [0.05, 0.1) is 12.4 Å². The highest BCUT2D eigenvalue weighted by atomic mass is 79.9. The summed E-state index contributed by atoms with van der Waals surface area (Å²) in [5.74, 6) is 0.652. The van der Waals surface area contributed by atoms with Gasteiger partial charge in [-0.2, -0.15) is 0 Å². The fourth-order valence-electron chi connectivity index (χ4n) is 1.82. The van der Waals surface area contributed by atoms with Crippen LogP contribution in [0.2, 0.25) is 0 Å². The molecular formula is C10H14BrN3O2. The van der Waals surface area contributed by atoms with E-state index in [1.165, 1.54) is 6.33 Å². The lowest BCUT2D eigenvalue weighted by Crippen LogP contribution is -2.30. The zero-order chi connectivity index (χ0) is 11.5. The second-order valence-electron chi connectivity index (χ2n) is 3.88. The summed E-state index contributed by atoms with van der Waals surface area (Å²) < 4.78 is 6.01. The molecule has 1 N–H and O–H groups in total. The summed E-state index contributed by atoms with van der Waals surface area (Å²) in [4.78, 5) is 20.0. The van der Waals surface area contributed by atoms with Crippen LogP contribution < -0.4 is 10.5 Å². The third kappa shape index (κ3) is 2.44. The summed E-state index contributed by atoms with van der Waals surface area (Å²) in [7, 11) is 1.91. The molecule has 1 aromatic heterocycles. The smallest absolute Gasteiger partial charge is 0.267 e. The Kier molecular flexibility index (Phi) is 3.60. The van der Waals surface area contributed by atoms with E-state index in [4.69, 9.17) is 4.74 Å². The summed E-state index contributed by atoms with van der Waals surface area (Å²) in [6.07, 6.45) is 3.85. The van der Waals surface area contributed by atoms with Crippen molar-refractivity contribution in [2.45, 2.75) is 18.9 Å². The molecule has 6 heteroatoms. The standard InChI is InChI=1S/C10H14BrN3O2/c1-14(5-7-3-2-4-16-7)9-8(11)10(15)13-6-12-9/h6-7H,2-5H2,1H3,(H,12,13,15). The molecule has 1 aromatic rings. The first-order valence-electron chi connectivity index (χ1n) is 5.24. The second-order valence-corrected chi connectivity index (χ2v) is 4.68. The third-order valence-corrected chi connectivity index (χ3v) is 3.36. The maximum Gasteiger partial charge on any atom is 0.267 e. The number of anilines is 1. The Balaban J connectivity index is 2.10. The van der Waals surface area contributed by atoms with Crippen molar-refractivity contribution < 1.29 is 4.74 Å². The zero-order valence-corrected chi connectivity index (χ0v) is 10.7. The lowest BCUT2D eigenvalue weighted by molar-refractivity contribution is 0.116. The average molecular weight is 288 g/mol. The van der Waals surface area contributed by atoms with Gasteiger partial charge in [0.1, 0.15) is 10.3 Å². The van der Waals surface area contributed by atoms with Gasteiger partial charge < -0.3 is 14.6 Å². The van der Waals surface area contributed by atoms with Crippen molar-refractivity contribution in [1.29, 1.82) is 0 Å². The highest BCUT2D eigenvalue weighted by Crippen LogP contribution is 2.20. The largest absolute Gasteiger partial charge is 0.376 e. The second kappa shape index (κ2) is 4.97. The van der Waals surface area contributed by atoms with Gasteiger partial charge in [-0.05, 0) is 28.8 Å². The van der Waals surface area contributed by atoms with E-state index in [1.54, 1.807) is 0 Å². The Labute approximate surface area is 102 Å². The van der Waals surface area contributed by atoms with Crippen LogP contribution in [0, 0.1) is 0 Å². The topological polar surface area (TPSA) is 58.2 Å². The van der Waals surface area contributed by atoms with E-state index >= 15 is 0 Å². The molecule has 0 spiro atoms. The first-order chi connectivity index (χ1) is 7.68. The van der Waals surface area contributed by atoms with E-state index in [1.807, 2.05) is 11.9 Å². The quantitative estimate of drug-likeness (QED) is 0.906. The van der Waals surface area contributed by atoms with Crippen molar-refractivity contribution >= 4 is 21.7 Å². The van der Waals surface area contributed by atoms with Crippen molar-refractivity contribution in [3.8, 4) is 0 Å². The van der Waals surface area contributed by atoms with Gasteiger partial charge in [-0.25, -0.2) is 4.98 Å². The van der Waals surface area contributed by atoms with Crippen molar-refractivity contribution in [2.75, 3.05) is 25.1 Å². The molecule has 1 atom stereocenters. The van der Waals surface area contributed by atoms with Crippen LogP contribution in [0.4, 0.5) is 5.82 Å². The van der Waals surface area contributed by atoms with Crippen LogP contribution in [0.3, 0.4) is 0 Å². The molecule has 1 unspecified atom stereocenters. The molecule has 16 heavy (non-hydrogen) atoms. The molecule has 1 aliphatic rings. The number of hydrogen-bond acceptors (Lipinski definition) is 4. The van der Waals surface area contributed by atoms with E-state index in [0.29, 0.717) is 10.3 Å². The van der Waals surface area contributed by atoms with Gasteiger partial charge in [-0.1, -0.05) is 0 Å². The zero-order valence-electron chi connectivity index (χ0n) is 9.07. The van der Waals surface area contributed by atoms with Gasteiger partial charge in [0.25, 0.3) is 5.56 Å². The number of rotatable bonds is 3. The number of aromatic amines is 1. The minimum atomic E-state index is -0.163. The Hall–Kier alpha value is -0.880. The molecule has 0 radical (unpaired) electrons. The fraction of sp³-hybridized carbons (Fsp3) is 0.600. The Bertz CT molecular complexity index is 415. The number of ether oxygens (including phenoxy) is 1. The van der Waals surface area contributed by atoms with Crippen molar-refractivity contribution in [3.05, 3.63) is 21.2 Å². The molecule has 0 aliphatic carbocycles. The van der Waals surface area contributed by atoms with Crippen LogP contribution in [-0.2, 0) is 4.74 Å². The minimum absolute atomic E-state index is 0.163. The Morgan fingerprint density at radius 3 is 3.25 bits per heavy atom. The van der Waals surface area contributed by atoms with Gasteiger partial charge in [-0.15, -0.1) is 0 Å². The highest BCUT2D eigenvalue weighted by molar-refractivity contribution is 9.10. The van der Waals surface area contributed by atoms with E-state index in [9.17, 15) is 4.79 Å². The van der Waals surface area contributed by atoms with Gasteiger partial charge in [0.2, 0.25) is 0 Å². The summed E-state index contributed by atoms with van der Waals surface area (Å²) in [5.41, 5.74) is -0.163. The van der Waals surface area contributed by atoms with Crippen LogP contribution >= 0.6 is 15.9 Å². The summed E-state index contributed by atoms with van der Waals surface area (Å²) in [6.45, 7) is 1.59. The first kappa shape index (κ1) is 11.6. The average Bonchev–Trinajstić information content (AvgIpc) is 2.74. The number of nitrogens with one attached hydrogen (secondary N) is 1. The van der Waals surface area contributed by atoms with Gasteiger partial charge in [-0.3, -0.25) is 4.79 Å². The monoisotopic (exact) mass is 287 g/mol. The van der Waals surface area contributed by atoms with E-state index in [2.05, 4.69) is 25.9 Å². The van der Waals surface area contributed by atoms with Crippen molar-refractivity contribution in [3.63, 3.8) is 0 Å². The van der Waals surface area contributed by atoms with Crippen LogP contribution in [-0.4, -0.2) is 36.3 Å². The van der Waals surface area contributed by atoms with Crippen LogP contribution in [0.1, 0.15) is 12.8 Å². The molecule has 1 aliphatic heterocycles. The van der Waals surface area contributed by atoms with Gasteiger partial charge in [0.15, 0.2) is 0 Å². The number of aromatic nitrogens is 2. The van der Waals surface area contributed by atoms with Crippen LogP contribution in [0.25, 0.3) is 0 Å². The predicted octanol–water partition coefficient (Wildman–Crippen LogP) is 1.15. The molecule has 0 bridgehead atoms. The summed E-state index contributed by atoms with van der Waals surface area (Å²) in [5, 5.41) is 0. The maximum atomic E-state index is 11.4. The molecule has 1 fully saturated rings. The number of likely N-dealkylation sites (N-methyl/N-ethyl adjacent to an activating group) is 1. The highest BCUT2D eigenvalue weighted by Gasteiger charge is 2.19. The van der Waals surface area contributed by atoms with Gasteiger partial charge >= 0.3 is 0 Å². The number of halogens is 1. The van der Waals surface area contributed by atoms with Crippen molar-refractivity contribution in [1.82, 2.24) is 9.97 Å². The van der Waals surface area contributed by atoms with E-state index in [-0.39, 0.29) is 11.7 Å². The predicted molar refractivity (Wildman–Crippen MR) is 64.8 cm³/mol. The number of nitrogens with zero attached hydrogens (tertiary/aromatic N) is 2. The summed E-state index contributed by atoms with van der Waals surface area (Å²) in [6, 6.07) is 0. The SMILES string of the molecule is CN(CC1CCCO1)c1nc[nH]c(=O)c1Br. The molecule has 5 nitrogen and oxygen atoms in total. The Morgan fingerprint density at radius 2 is 2.56 bits per heavy atom. The molecule has 0 amide bonds. The Morgan fingerprint density at radius 1 is 1.75 bits per heavy atom.